The average Bonchev–Trinajstić information content (AvgIpc) is 2.36. The van der Waals surface area contributed by atoms with Crippen LogP contribution in [0, 0.1) is 13.8 Å². The van der Waals surface area contributed by atoms with Crippen molar-refractivity contribution in [3.05, 3.63) is 51.6 Å². The molecule has 0 saturated carbocycles. The summed E-state index contributed by atoms with van der Waals surface area (Å²) < 4.78 is 6.94. The molecule has 0 aliphatic rings. The van der Waals surface area contributed by atoms with Crippen molar-refractivity contribution in [2.75, 3.05) is 7.05 Å². The fourth-order valence-corrected chi connectivity index (χ4v) is 2.18. The van der Waals surface area contributed by atoms with E-state index in [9.17, 15) is 0 Å². The topological polar surface area (TPSA) is 34.2 Å². The molecular weight excluding hydrogens is 304 g/mol. The van der Waals surface area contributed by atoms with Gasteiger partial charge in [0.05, 0.1) is 0 Å². The van der Waals surface area contributed by atoms with Crippen molar-refractivity contribution >= 4 is 15.9 Å². The first-order chi connectivity index (χ1) is 9.10. The summed E-state index contributed by atoms with van der Waals surface area (Å²) >= 11 is 3.41. The minimum absolute atomic E-state index is 0.675. The number of benzene rings is 1. The van der Waals surface area contributed by atoms with Crippen LogP contribution in [0.15, 0.2) is 34.8 Å². The highest BCUT2D eigenvalue weighted by Crippen LogP contribution is 2.27. The van der Waals surface area contributed by atoms with E-state index in [1.54, 1.807) is 0 Å². The fourth-order valence-electron chi connectivity index (χ4n) is 1.92. The number of nitrogens with zero attached hydrogens (tertiary/aromatic N) is 1. The minimum Gasteiger partial charge on any atom is -0.439 e. The van der Waals surface area contributed by atoms with Crippen LogP contribution in [0.3, 0.4) is 0 Å². The molecule has 0 atom stereocenters. The lowest BCUT2D eigenvalue weighted by Gasteiger charge is -2.13. The lowest BCUT2D eigenvalue weighted by atomic mass is 10.1. The van der Waals surface area contributed by atoms with Crippen LogP contribution < -0.4 is 10.1 Å². The Morgan fingerprint density at radius 3 is 2.53 bits per heavy atom. The normalized spacial score (nSPS) is 10.5. The van der Waals surface area contributed by atoms with Gasteiger partial charge in [-0.15, -0.1) is 0 Å². The summed E-state index contributed by atoms with van der Waals surface area (Å²) in [4.78, 5) is 4.50. The second kappa shape index (κ2) is 6.17. The summed E-state index contributed by atoms with van der Waals surface area (Å²) in [7, 11) is 1.92. The van der Waals surface area contributed by atoms with Gasteiger partial charge in [-0.25, -0.2) is 4.98 Å². The van der Waals surface area contributed by atoms with E-state index in [2.05, 4.69) is 39.2 Å². The number of pyridine rings is 1. The van der Waals surface area contributed by atoms with Gasteiger partial charge in [-0.05, 0) is 56.8 Å². The first kappa shape index (κ1) is 14.0. The fraction of sp³-hybridized carbons (Fsp3) is 0.267. The highest BCUT2D eigenvalue weighted by Gasteiger charge is 2.10. The van der Waals surface area contributed by atoms with Gasteiger partial charge in [0.25, 0.3) is 0 Å². The Morgan fingerprint density at radius 2 is 1.89 bits per heavy atom. The summed E-state index contributed by atoms with van der Waals surface area (Å²) in [6.45, 7) is 4.80. The van der Waals surface area contributed by atoms with Gasteiger partial charge in [-0.2, -0.15) is 0 Å². The molecule has 0 aliphatic heterocycles. The third kappa shape index (κ3) is 3.55. The van der Waals surface area contributed by atoms with E-state index in [1.807, 2.05) is 38.2 Å². The summed E-state index contributed by atoms with van der Waals surface area (Å²) in [5, 5.41) is 3.15. The van der Waals surface area contributed by atoms with Crippen molar-refractivity contribution in [1.82, 2.24) is 10.3 Å². The number of aryl methyl sites for hydroxylation is 2. The number of hydrogen-bond acceptors (Lipinski definition) is 3. The largest absolute Gasteiger partial charge is 0.439 e. The first-order valence-electron chi connectivity index (χ1n) is 6.15. The number of hydrogen-bond donors (Lipinski definition) is 1. The maximum atomic E-state index is 5.91. The number of nitrogens with one attached hydrogen (secondary N) is 1. The van der Waals surface area contributed by atoms with Gasteiger partial charge in [-0.3, -0.25) is 0 Å². The van der Waals surface area contributed by atoms with Gasteiger partial charge in [0.1, 0.15) is 5.75 Å². The minimum atomic E-state index is 0.675. The Labute approximate surface area is 122 Å². The Morgan fingerprint density at radius 1 is 1.21 bits per heavy atom. The molecule has 19 heavy (non-hydrogen) atoms. The van der Waals surface area contributed by atoms with Crippen LogP contribution in [-0.2, 0) is 6.54 Å². The molecule has 0 amide bonds. The van der Waals surface area contributed by atoms with Crippen molar-refractivity contribution in [1.29, 1.82) is 0 Å². The lowest BCUT2D eigenvalue weighted by molar-refractivity contribution is 0.452. The van der Waals surface area contributed by atoms with E-state index in [4.69, 9.17) is 4.74 Å². The third-order valence-electron chi connectivity index (χ3n) is 2.82. The van der Waals surface area contributed by atoms with E-state index < -0.39 is 0 Å². The van der Waals surface area contributed by atoms with Crippen LogP contribution in [0.25, 0.3) is 0 Å². The molecule has 0 unspecified atom stereocenters. The van der Waals surface area contributed by atoms with Gasteiger partial charge < -0.3 is 10.1 Å². The second-order valence-electron chi connectivity index (χ2n) is 4.45. The first-order valence-corrected chi connectivity index (χ1v) is 6.94. The molecule has 2 rings (SSSR count). The molecule has 4 heteroatoms. The van der Waals surface area contributed by atoms with Crippen molar-refractivity contribution in [3.63, 3.8) is 0 Å². The van der Waals surface area contributed by atoms with E-state index in [0.29, 0.717) is 5.88 Å². The van der Waals surface area contributed by atoms with Crippen LogP contribution in [0.5, 0.6) is 11.6 Å². The molecule has 0 saturated heterocycles. The standard InChI is InChI=1S/C15H17BrN2O/c1-10-8-11(2)18-15(14(10)9-17-3)19-13-6-4-12(16)5-7-13/h4-8,17H,9H2,1-3H3. The molecule has 1 heterocycles. The van der Waals surface area contributed by atoms with Gasteiger partial charge in [0, 0.05) is 22.3 Å². The van der Waals surface area contributed by atoms with Crippen molar-refractivity contribution < 1.29 is 4.74 Å². The molecule has 0 spiro atoms. The molecule has 1 aromatic carbocycles. The summed E-state index contributed by atoms with van der Waals surface area (Å²) in [5.41, 5.74) is 3.24. The highest BCUT2D eigenvalue weighted by molar-refractivity contribution is 9.10. The van der Waals surface area contributed by atoms with Crippen LogP contribution in [0.1, 0.15) is 16.8 Å². The number of aromatic nitrogens is 1. The molecule has 2 aromatic rings. The van der Waals surface area contributed by atoms with Gasteiger partial charge in [0.2, 0.25) is 5.88 Å². The Bertz CT molecular complexity index is 567. The number of rotatable bonds is 4. The van der Waals surface area contributed by atoms with Crippen LogP contribution in [-0.4, -0.2) is 12.0 Å². The smallest absolute Gasteiger partial charge is 0.224 e. The number of halogens is 1. The molecule has 0 bridgehead atoms. The Balaban J connectivity index is 2.35. The summed E-state index contributed by atoms with van der Waals surface area (Å²) in [6, 6.07) is 9.83. The molecule has 0 fully saturated rings. The van der Waals surface area contributed by atoms with Crippen molar-refractivity contribution in [3.8, 4) is 11.6 Å². The quantitative estimate of drug-likeness (QED) is 0.925. The molecule has 100 valence electrons. The van der Waals surface area contributed by atoms with E-state index in [1.165, 1.54) is 5.56 Å². The predicted octanol–water partition coefficient (Wildman–Crippen LogP) is 3.97. The maximum Gasteiger partial charge on any atom is 0.224 e. The van der Waals surface area contributed by atoms with Gasteiger partial charge >= 0.3 is 0 Å². The molecule has 0 aliphatic carbocycles. The molecule has 3 nitrogen and oxygen atoms in total. The van der Waals surface area contributed by atoms with Crippen LogP contribution in [0.4, 0.5) is 0 Å². The van der Waals surface area contributed by atoms with Gasteiger partial charge in [0.15, 0.2) is 0 Å². The summed E-state index contributed by atoms with van der Waals surface area (Å²) in [6.07, 6.45) is 0. The van der Waals surface area contributed by atoms with Gasteiger partial charge in [-0.1, -0.05) is 15.9 Å². The maximum absolute atomic E-state index is 5.91. The van der Waals surface area contributed by atoms with Crippen molar-refractivity contribution in [2.45, 2.75) is 20.4 Å². The average molecular weight is 321 g/mol. The van der Waals surface area contributed by atoms with Crippen molar-refractivity contribution in [2.24, 2.45) is 0 Å². The molecule has 1 aromatic heterocycles. The number of ether oxygens (including phenoxy) is 1. The molecular formula is C15H17BrN2O. The lowest BCUT2D eigenvalue weighted by Crippen LogP contribution is -2.09. The predicted molar refractivity (Wildman–Crippen MR) is 80.7 cm³/mol. The Hall–Kier alpha value is -1.39. The second-order valence-corrected chi connectivity index (χ2v) is 5.37. The van der Waals surface area contributed by atoms with E-state index in [0.717, 1.165) is 28.0 Å². The van der Waals surface area contributed by atoms with Crippen LogP contribution >= 0.6 is 15.9 Å². The van der Waals surface area contributed by atoms with E-state index >= 15 is 0 Å². The SMILES string of the molecule is CNCc1c(C)cc(C)nc1Oc1ccc(Br)cc1. The zero-order valence-corrected chi connectivity index (χ0v) is 12.9. The highest BCUT2D eigenvalue weighted by atomic mass is 79.9. The summed E-state index contributed by atoms with van der Waals surface area (Å²) in [5.74, 6) is 1.47. The van der Waals surface area contributed by atoms with E-state index in [-0.39, 0.29) is 0 Å². The Kier molecular flexibility index (Phi) is 4.56. The molecule has 1 N–H and O–H groups in total. The third-order valence-corrected chi connectivity index (χ3v) is 3.35. The zero-order valence-electron chi connectivity index (χ0n) is 11.3. The van der Waals surface area contributed by atoms with Crippen LogP contribution in [0.2, 0.25) is 0 Å². The zero-order chi connectivity index (χ0) is 13.8. The monoisotopic (exact) mass is 320 g/mol. The molecule has 0 radical (unpaired) electrons.